The van der Waals surface area contributed by atoms with Crippen LogP contribution in [0.5, 0.6) is 0 Å². The Morgan fingerprint density at radius 2 is 1.84 bits per heavy atom. The summed E-state index contributed by atoms with van der Waals surface area (Å²) in [7, 11) is 0. The maximum absolute atomic E-state index is 13.2. The van der Waals surface area contributed by atoms with Crippen molar-refractivity contribution in [2.75, 3.05) is 13.1 Å². The molecule has 0 radical (unpaired) electrons. The van der Waals surface area contributed by atoms with Gasteiger partial charge in [0, 0.05) is 18.7 Å². The first-order chi connectivity index (χ1) is 15.4. The van der Waals surface area contributed by atoms with Crippen molar-refractivity contribution in [1.29, 1.82) is 0 Å². The van der Waals surface area contributed by atoms with E-state index >= 15 is 0 Å². The molecule has 2 unspecified atom stereocenters. The molecular formula is C24H24F3N3O2. The molecule has 1 aliphatic rings. The van der Waals surface area contributed by atoms with E-state index in [1.807, 2.05) is 42.2 Å². The second-order valence-electron chi connectivity index (χ2n) is 8.02. The van der Waals surface area contributed by atoms with Crippen LogP contribution in [0.1, 0.15) is 55.0 Å². The summed E-state index contributed by atoms with van der Waals surface area (Å²) in [5.41, 5.74) is 0.700. The van der Waals surface area contributed by atoms with E-state index in [0.717, 1.165) is 30.5 Å². The highest BCUT2D eigenvalue weighted by atomic mass is 19.4. The number of halogens is 3. The number of aromatic nitrogens is 2. The van der Waals surface area contributed by atoms with Crippen LogP contribution in [0, 0.1) is 0 Å². The lowest BCUT2D eigenvalue weighted by atomic mass is 9.92. The van der Waals surface area contributed by atoms with Gasteiger partial charge < -0.3 is 9.32 Å². The SMILES string of the molecule is CCC(C(=O)N1CCCC(c2nnc(-c3ccc(C(F)(F)F)cc3)o2)C1)c1ccccc1. The molecule has 0 bridgehead atoms. The highest BCUT2D eigenvalue weighted by Gasteiger charge is 2.32. The first-order valence-electron chi connectivity index (χ1n) is 10.7. The highest BCUT2D eigenvalue weighted by molar-refractivity contribution is 5.83. The molecule has 0 N–H and O–H groups in total. The second kappa shape index (κ2) is 9.14. The third kappa shape index (κ3) is 4.69. The van der Waals surface area contributed by atoms with E-state index in [2.05, 4.69) is 10.2 Å². The van der Waals surface area contributed by atoms with Crippen molar-refractivity contribution < 1.29 is 22.4 Å². The van der Waals surface area contributed by atoms with E-state index in [1.165, 1.54) is 12.1 Å². The zero-order chi connectivity index (χ0) is 22.7. The molecule has 8 heteroatoms. The van der Waals surface area contributed by atoms with Gasteiger partial charge in [0.05, 0.1) is 17.4 Å². The van der Waals surface area contributed by atoms with Gasteiger partial charge >= 0.3 is 6.18 Å². The molecule has 0 spiro atoms. The number of carbonyl (C=O) groups is 1. The van der Waals surface area contributed by atoms with Crippen LogP contribution < -0.4 is 0 Å². The van der Waals surface area contributed by atoms with Gasteiger partial charge in [-0.2, -0.15) is 13.2 Å². The number of alkyl halides is 3. The first kappa shape index (κ1) is 22.0. The minimum absolute atomic E-state index is 0.0888. The van der Waals surface area contributed by atoms with E-state index in [4.69, 9.17) is 4.42 Å². The summed E-state index contributed by atoms with van der Waals surface area (Å²) in [4.78, 5) is 15.1. The molecule has 1 saturated heterocycles. The molecule has 1 aliphatic heterocycles. The molecule has 5 nitrogen and oxygen atoms in total. The first-order valence-corrected chi connectivity index (χ1v) is 10.7. The lowest BCUT2D eigenvalue weighted by molar-refractivity contribution is -0.137. The number of benzene rings is 2. The van der Waals surface area contributed by atoms with E-state index in [9.17, 15) is 18.0 Å². The van der Waals surface area contributed by atoms with Crippen LogP contribution >= 0.6 is 0 Å². The Hall–Kier alpha value is -3.16. The Kier molecular flexibility index (Phi) is 6.30. The van der Waals surface area contributed by atoms with Crippen molar-refractivity contribution in [2.45, 2.75) is 44.2 Å². The molecule has 2 heterocycles. The third-order valence-corrected chi connectivity index (χ3v) is 5.89. The smallest absolute Gasteiger partial charge is 0.416 e. The number of hydrogen-bond donors (Lipinski definition) is 0. The summed E-state index contributed by atoms with van der Waals surface area (Å²) in [6.07, 6.45) is -2.06. The molecule has 2 atom stereocenters. The minimum Gasteiger partial charge on any atom is -0.420 e. The standard InChI is InChI=1S/C24H24F3N3O2/c1-2-20(16-7-4-3-5-8-16)23(31)30-14-6-9-18(15-30)22-29-28-21(32-22)17-10-12-19(13-11-17)24(25,26)27/h3-5,7-8,10-13,18,20H,2,6,9,14-15H2,1H3. The van der Waals surface area contributed by atoms with Crippen LogP contribution in [0.3, 0.4) is 0 Å². The third-order valence-electron chi connectivity index (χ3n) is 5.89. The maximum Gasteiger partial charge on any atom is 0.416 e. The van der Waals surface area contributed by atoms with Crippen LogP contribution in [0.2, 0.25) is 0 Å². The van der Waals surface area contributed by atoms with Gasteiger partial charge in [-0.3, -0.25) is 4.79 Å². The summed E-state index contributed by atoms with van der Waals surface area (Å²) in [5, 5.41) is 8.15. The average Bonchev–Trinajstić information content (AvgIpc) is 3.30. The van der Waals surface area contributed by atoms with Crippen LogP contribution in [0.4, 0.5) is 13.2 Å². The molecule has 0 aliphatic carbocycles. The monoisotopic (exact) mass is 443 g/mol. The normalized spacial score (nSPS) is 17.9. The van der Waals surface area contributed by atoms with E-state index in [-0.39, 0.29) is 23.6 Å². The van der Waals surface area contributed by atoms with Gasteiger partial charge in [0.15, 0.2) is 0 Å². The number of likely N-dealkylation sites (tertiary alicyclic amines) is 1. The molecule has 1 aromatic heterocycles. The van der Waals surface area contributed by atoms with Crippen LogP contribution in [0.15, 0.2) is 59.0 Å². The average molecular weight is 443 g/mol. The molecule has 1 fully saturated rings. The van der Waals surface area contributed by atoms with Crippen molar-refractivity contribution in [1.82, 2.24) is 15.1 Å². The predicted molar refractivity (Wildman–Crippen MR) is 113 cm³/mol. The molecular weight excluding hydrogens is 419 g/mol. The van der Waals surface area contributed by atoms with E-state index in [0.29, 0.717) is 31.0 Å². The molecule has 4 rings (SSSR count). The Labute approximate surface area is 184 Å². The number of piperidine rings is 1. The number of amides is 1. The molecule has 32 heavy (non-hydrogen) atoms. The van der Waals surface area contributed by atoms with Crippen LogP contribution in [-0.4, -0.2) is 34.1 Å². The van der Waals surface area contributed by atoms with E-state index in [1.54, 1.807) is 0 Å². The van der Waals surface area contributed by atoms with Crippen molar-refractivity contribution in [3.8, 4) is 11.5 Å². The minimum atomic E-state index is -4.40. The van der Waals surface area contributed by atoms with Gasteiger partial charge in [-0.1, -0.05) is 37.3 Å². The van der Waals surface area contributed by atoms with E-state index < -0.39 is 11.7 Å². The summed E-state index contributed by atoms with van der Waals surface area (Å²) in [6, 6.07) is 14.4. The fourth-order valence-corrected chi connectivity index (χ4v) is 4.16. The van der Waals surface area contributed by atoms with Gasteiger partial charge in [0.1, 0.15) is 0 Å². The summed E-state index contributed by atoms with van der Waals surface area (Å²) in [5.74, 6) is 0.376. The van der Waals surface area contributed by atoms with Gasteiger partial charge in [-0.05, 0) is 49.1 Å². The number of nitrogens with zero attached hydrogens (tertiary/aromatic N) is 3. The Morgan fingerprint density at radius 1 is 1.12 bits per heavy atom. The Balaban J connectivity index is 1.47. The number of carbonyl (C=O) groups excluding carboxylic acids is 1. The highest BCUT2D eigenvalue weighted by Crippen LogP contribution is 2.33. The van der Waals surface area contributed by atoms with Crippen LogP contribution in [0.25, 0.3) is 11.5 Å². The topological polar surface area (TPSA) is 59.2 Å². The van der Waals surface area contributed by atoms with Gasteiger partial charge in [-0.25, -0.2) is 0 Å². The maximum atomic E-state index is 13.2. The molecule has 3 aromatic rings. The number of hydrogen-bond acceptors (Lipinski definition) is 4. The predicted octanol–water partition coefficient (Wildman–Crippen LogP) is 5.66. The van der Waals surface area contributed by atoms with Crippen LogP contribution in [-0.2, 0) is 11.0 Å². The summed E-state index contributed by atoms with van der Waals surface area (Å²) in [6.45, 7) is 3.17. The van der Waals surface area contributed by atoms with Crippen molar-refractivity contribution in [3.05, 3.63) is 71.6 Å². The molecule has 1 amide bonds. The van der Waals surface area contributed by atoms with Gasteiger partial charge in [0.25, 0.3) is 0 Å². The van der Waals surface area contributed by atoms with Crippen molar-refractivity contribution >= 4 is 5.91 Å². The van der Waals surface area contributed by atoms with Gasteiger partial charge in [0.2, 0.25) is 17.7 Å². The summed E-state index contributed by atoms with van der Waals surface area (Å²) < 4.78 is 44.1. The fraction of sp³-hybridized carbons (Fsp3) is 0.375. The van der Waals surface area contributed by atoms with Crippen molar-refractivity contribution in [3.63, 3.8) is 0 Å². The molecule has 2 aromatic carbocycles. The van der Waals surface area contributed by atoms with Gasteiger partial charge in [-0.15, -0.1) is 10.2 Å². The second-order valence-corrected chi connectivity index (χ2v) is 8.02. The fourth-order valence-electron chi connectivity index (χ4n) is 4.16. The lowest BCUT2D eigenvalue weighted by Gasteiger charge is -2.33. The lowest BCUT2D eigenvalue weighted by Crippen LogP contribution is -2.41. The molecule has 168 valence electrons. The largest absolute Gasteiger partial charge is 0.420 e. The Morgan fingerprint density at radius 3 is 2.50 bits per heavy atom. The summed E-state index contributed by atoms with van der Waals surface area (Å²) >= 11 is 0. The Bertz CT molecular complexity index is 1050. The quantitative estimate of drug-likeness (QED) is 0.511. The number of rotatable bonds is 5. The zero-order valence-corrected chi connectivity index (χ0v) is 17.7. The molecule has 0 saturated carbocycles. The zero-order valence-electron chi connectivity index (χ0n) is 17.7. The van der Waals surface area contributed by atoms with Crippen molar-refractivity contribution in [2.24, 2.45) is 0 Å².